The maximum atomic E-state index is 9.31. The van der Waals surface area contributed by atoms with Crippen molar-refractivity contribution in [3.05, 3.63) is 0 Å². The van der Waals surface area contributed by atoms with Gasteiger partial charge in [0.15, 0.2) is 0 Å². The van der Waals surface area contributed by atoms with E-state index in [1.165, 1.54) is 5.71 Å². The number of rotatable bonds is 2. The number of hydrogen-bond donors (Lipinski definition) is 1. The first kappa shape index (κ1) is 33.0. The second kappa shape index (κ2) is 18.4. The van der Waals surface area contributed by atoms with Crippen LogP contribution in [0.1, 0.15) is 0 Å². The topological polar surface area (TPSA) is 182 Å². The Morgan fingerprint density at radius 2 is 1.00 bits per heavy atom. The van der Waals surface area contributed by atoms with Crippen LogP contribution in [-0.2, 0) is 18.7 Å². The van der Waals surface area contributed by atoms with Crippen LogP contribution in [0.25, 0.3) is 0 Å². The third kappa shape index (κ3) is 74.7. The van der Waals surface area contributed by atoms with Crippen molar-refractivity contribution in [2.24, 2.45) is 0 Å². The van der Waals surface area contributed by atoms with E-state index in [9.17, 15) is 27.6 Å². The summed E-state index contributed by atoms with van der Waals surface area (Å²) in [6.07, 6.45) is 0. The fourth-order valence-electron chi connectivity index (χ4n) is 0. The molecule has 1 N–H and O–H groups in total. The summed E-state index contributed by atoms with van der Waals surface area (Å²) in [6, 6.07) is 0. The average Bonchev–Trinajstić information content (AvgIpc) is 2.02. The predicted molar refractivity (Wildman–Crippen MR) is 54.3 cm³/mol. The van der Waals surface area contributed by atoms with Gasteiger partial charge in [-0.15, -0.1) is 0 Å². The minimum atomic E-state index is -5.16. The van der Waals surface area contributed by atoms with Gasteiger partial charge in [-0.05, 0) is 0 Å². The van der Waals surface area contributed by atoms with Gasteiger partial charge in [0.05, 0.1) is 0 Å². The predicted octanol–water partition coefficient (Wildman–Crippen LogP) is -7.06. The third-order valence-corrected chi connectivity index (χ3v) is 2.32. The second-order valence-corrected chi connectivity index (χ2v) is 9.24. The molecule has 0 radical (unpaired) electrons. The van der Waals surface area contributed by atoms with Crippen LogP contribution in [0.3, 0.4) is 0 Å². The van der Waals surface area contributed by atoms with E-state index in [4.69, 9.17) is 4.10 Å². The summed E-state index contributed by atoms with van der Waals surface area (Å²) < 4.78 is 79.7. The quantitative estimate of drug-likeness (QED) is 0.349. The van der Waals surface area contributed by atoms with E-state index in [1.807, 2.05) is 0 Å². The van der Waals surface area contributed by atoms with E-state index in [0.29, 0.717) is 0 Å². The summed E-state index contributed by atoms with van der Waals surface area (Å²) in [6.45, 7) is 0. The van der Waals surface area contributed by atoms with Crippen LogP contribution in [-0.4, -0.2) is 138 Å². The van der Waals surface area contributed by atoms with Crippen LogP contribution in [0, 0.1) is 0 Å². The molecule has 0 aliphatic heterocycles. The molecule has 15 heteroatoms. The summed E-state index contributed by atoms with van der Waals surface area (Å²) in [4.78, 5) is 0. The monoisotopic (exact) mass is 512 g/mol. The average molecular weight is 512 g/mol. The van der Waals surface area contributed by atoms with E-state index in [0.717, 1.165) is 14.2 Å². The second-order valence-electron chi connectivity index (χ2n) is 1.78. The van der Waals surface area contributed by atoms with Gasteiger partial charge < -0.3 is 0 Å². The fraction of sp³-hybridized carbons (Fsp3) is 1.00. The molecule has 1 unspecified atom stereocenters. The van der Waals surface area contributed by atoms with Crippen molar-refractivity contribution >= 4 is 119 Å². The summed E-state index contributed by atoms with van der Waals surface area (Å²) in [5.74, 6) is 0. The van der Waals surface area contributed by atoms with Crippen molar-refractivity contribution in [3.63, 3.8) is 0 Å². The van der Waals surface area contributed by atoms with E-state index in [2.05, 4.69) is 7.45 Å². The van der Waals surface area contributed by atoms with Gasteiger partial charge in [0.1, 0.15) is 0 Å². The van der Waals surface area contributed by atoms with Gasteiger partial charge in [-0.2, -0.15) is 0 Å². The molecule has 0 spiro atoms. The van der Waals surface area contributed by atoms with Crippen molar-refractivity contribution in [2.75, 3.05) is 14.2 Å². The SMILES string of the molecule is CO[As](=O)([O-])[O-].CO[As](=O)([O-])[O-].C[AsH](=O)O.[Ca+2].[Ca+2]. The first-order chi connectivity index (χ1) is 6.85. The molecule has 1 atom stereocenters. The Kier molecular flexibility index (Phi) is 33.7. The Morgan fingerprint density at radius 1 is 0.944 bits per heavy atom. The van der Waals surface area contributed by atoms with Gasteiger partial charge >= 0.3 is 179 Å². The molecule has 0 saturated carbocycles. The first-order valence-electron chi connectivity index (χ1n) is 3.20. The molecule has 0 bridgehead atoms. The smallest absolute Gasteiger partial charge is 2.00 e. The summed E-state index contributed by atoms with van der Waals surface area (Å²) in [5, 5.41) is 0. The van der Waals surface area contributed by atoms with Gasteiger partial charge in [-0.25, -0.2) is 0 Å². The van der Waals surface area contributed by atoms with E-state index < -0.39 is 44.0 Å². The van der Waals surface area contributed by atoms with Crippen LogP contribution in [0.4, 0.5) is 0 Å². The zero-order chi connectivity index (χ0) is 14.0. The van der Waals surface area contributed by atoms with Crippen LogP contribution in [0.2, 0.25) is 5.71 Å². The van der Waals surface area contributed by atoms with E-state index >= 15 is 0 Å². The van der Waals surface area contributed by atoms with E-state index in [-0.39, 0.29) is 75.5 Å². The molecule has 0 aliphatic carbocycles. The third-order valence-electron chi connectivity index (χ3n) is 0.447. The van der Waals surface area contributed by atoms with Gasteiger partial charge in [-0.1, -0.05) is 0 Å². The molecule has 10 nitrogen and oxygen atoms in total. The van der Waals surface area contributed by atoms with Crippen LogP contribution in [0.15, 0.2) is 0 Å². The molecule has 0 aromatic carbocycles. The minimum Gasteiger partial charge on any atom is 2.00 e. The van der Waals surface area contributed by atoms with E-state index in [1.54, 1.807) is 0 Å². The van der Waals surface area contributed by atoms with Gasteiger partial charge in [0, 0.05) is 0 Å². The van der Waals surface area contributed by atoms with Gasteiger partial charge in [0.25, 0.3) is 0 Å². The molecule has 0 aromatic rings. The Balaban J connectivity index is -0.0000000454. The minimum absolute atomic E-state index is 0. The summed E-state index contributed by atoms with van der Waals surface area (Å²) in [5.41, 5.74) is 1.33. The molecule has 0 fully saturated rings. The Hall–Kier alpha value is 3.31. The molecule has 0 amide bonds. The van der Waals surface area contributed by atoms with Crippen molar-refractivity contribution in [2.45, 2.75) is 5.71 Å². The summed E-state index contributed by atoms with van der Waals surface area (Å²) in [7, 11) is 1.69. The Morgan fingerprint density at radius 3 is 1.00 bits per heavy atom. The Labute approximate surface area is 175 Å². The molecular weight excluding hydrogens is 501 g/mol. The molecule has 18 heavy (non-hydrogen) atoms. The zero-order valence-corrected chi connectivity index (χ0v) is 20.2. The number of hydrogen-bond acceptors (Lipinski definition) is 9. The van der Waals surface area contributed by atoms with Crippen molar-refractivity contribution < 1.29 is 39.1 Å². The molecule has 102 valence electrons. The largest absolute Gasteiger partial charge is 2.00 e. The molecule has 0 saturated heterocycles. The normalized spacial score (nSPS) is 11.3. The molecule has 0 aliphatic rings. The van der Waals surface area contributed by atoms with Gasteiger partial charge in [0.2, 0.25) is 0 Å². The van der Waals surface area contributed by atoms with Gasteiger partial charge in [-0.3, -0.25) is 0 Å². The zero-order valence-electron chi connectivity index (χ0n) is 9.93. The van der Waals surface area contributed by atoms with Crippen LogP contribution < -0.4 is 16.4 Å². The first-order valence-corrected chi connectivity index (χ1v) is 13.2. The molecular formula is C3H11As3Ca2O10. The van der Waals surface area contributed by atoms with Crippen molar-refractivity contribution in [1.29, 1.82) is 0 Å². The maximum absolute atomic E-state index is 9.31. The summed E-state index contributed by atoms with van der Waals surface area (Å²) >= 11 is -12.9. The molecule has 0 aromatic heterocycles. The maximum Gasteiger partial charge on any atom is 2.00 e. The van der Waals surface area contributed by atoms with Crippen LogP contribution >= 0.6 is 0 Å². The van der Waals surface area contributed by atoms with Crippen LogP contribution in [0.5, 0.6) is 0 Å². The van der Waals surface area contributed by atoms with Crippen molar-refractivity contribution in [3.8, 4) is 0 Å². The standard InChI is InChI=1S/2CH5AsO4.CH5AsO2.2Ca/c2*1-6-2(3,4)5;1-2(3)4;;/h2*1H3,(H2,3,4,5);2H,1H3,(H,3,4);;/q;;;2*+2/p-4. The fourth-order valence-corrected chi connectivity index (χ4v) is 0. The molecule has 0 heterocycles. The Bertz CT molecular complexity index is 246. The molecule has 0 rings (SSSR count). The van der Waals surface area contributed by atoms with Crippen molar-refractivity contribution in [1.82, 2.24) is 0 Å².